The second kappa shape index (κ2) is 8.19. The Bertz CT molecular complexity index is 640. The highest BCUT2D eigenvalue weighted by Gasteiger charge is 2.08. The Kier molecular flexibility index (Phi) is 6.00. The molecule has 0 spiro atoms. The minimum absolute atomic E-state index is 0.121. The standard InChI is InChI=1S/C18H22N2O3/c1-3-20(4-2)16-11-10-15(17(21)12-16)13-19-23-18(22)14-8-6-5-7-9-14/h5-13,18,21-22H,3-4H2,1-2H3/b19-13+. The molecule has 0 radical (unpaired) electrons. The van der Waals surface area contributed by atoms with Gasteiger partial charge < -0.3 is 20.0 Å². The molecule has 2 aromatic carbocycles. The van der Waals surface area contributed by atoms with E-state index in [0.717, 1.165) is 18.8 Å². The van der Waals surface area contributed by atoms with Crippen LogP contribution in [0.3, 0.4) is 0 Å². The first kappa shape index (κ1) is 16.8. The molecule has 0 amide bonds. The van der Waals surface area contributed by atoms with Gasteiger partial charge in [0.15, 0.2) is 0 Å². The van der Waals surface area contributed by atoms with Gasteiger partial charge in [-0.05, 0) is 26.0 Å². The molecule has 0 heterocycles. The van der Waals surface area contributed by atoms with Crippen LogP contribution in [0, 0.1) is 0 Å². The zero-order chi connectivity index (χ0) is 16.7. The smallest absolute Gasteiger partial charge is 0.250 e. The Morgan fingerprint density at radius 2 is 1.83 bits per heavy atom. The Balaban J connectivity index is 2.02. The predicted molar refractivity (Wildman–Crippen MR) is 91.7 cm³/mol. The van der Waals surface area contributed by atoms with E-state index in [-0.39, 0.29) is 5.75 Å². The number of nitrogens with zero attached hydrogens (tertiary/aromatic N) is 2. The number of hydrogen-bond donors (Lipinski definition) is 2. The van der Waals surface area contributed by atoms with Crippen molar-refractivity contribution >= 4 is 11.9 Å². The van der Waals surface area contributed by atoms with E-state index < -0.39 is 6.29 Å². The fraction of sp³-hybridized carbons (Fsp3) is 0.278. The van der Waals surface area contributed by atoms with Crippen molar-refractivity contribution in [2.24, 2.45) is 5.16 Å². The maximum absolute atomic E-state index is 10.1. The van der Waals surface area contributed by atoms with Gasteiger partial charge in [-0.3, -0.25) is 0 Å². The van der Waals surface area contributed by atoms with Gasteiger partial charge in [0.25, 0.3) is 6.29 Å². The lowest BCUT2D eigenvalue weighted by molar-refractivity contribution is -0.101. The average molecular weight is 314 g/mol. The van der Waals surface area contributed by atoms with Gasteiger partial charge in [0.1, 0.15) is 5.75 Å². The highest BCUT2D eigenvalue weighted by Crippen LogP contribution is 2.24. The highest BCUT2D eigenvalue weighted by atomic mass is 16.7. The largest absolute Gasteiger partial charge is 0.507 e. The summed E-state index contributed by atoms with van der Waals surface area (Å²) in [5, 5.41) is 23.7. The first-order valence-electron chi connectivity index (χ1n) is 7.65. The minimum atomic E-state index is -1.13. The number of aliphatic hydroxyl groups excluding tert-OH is 1. The van der Waals surface area contributed by atoms with E-state index in [4.69, 9.17) is 4.84 Å². The van der Waals surface area contributed by atoms with Crippen LogP contribution in [0.2, 0.25) is 0 Å². The summed E-state index contributed by atoms with van der Waals surface area (Å²) < 4.78 is 0. The van der Waals surface area contributed by atoms with Crippen molar-refractivity contribution in [3.63, 3.8) is 0 Å². The van der Waals surface area contributed by atoms with E-state index in [1.807, 2.05) is 24.3 Å². The van der Waals surface area contributed by atoms with E-state index in [9.17, 15) is 10.2 Å². The molecule has 0 saturated heterocycles. The maximum atomic E-state index is 10.1. The number of anilines is 1. The summed E-state index contributed by atoms with van der Waals surface area (Å²) in [4.78, 5) is 7.15. The van der Waals surface area contributed by atoms with Crippen molar-refractivity contribution in [3.8, 4) is 5.75 Å². The van der Waals surface area contributed by atoms with Crippen molar-refractivity contribution in [1.29, 1.82) is 0 Å². The summed E-state index contributed by atoms with van der Waals surface area (Å²) in [6.45, 7) is 5.87. The van der Waals surface area contributed by atoms with Gasteiger partial charge in [0.2, 0.25) is 0 Å². The summed E-state index contributed by atoms with van der Waals surface area (Å²) in [5.74, 6) is 0.121. The molecule has 1 unspecified atom stereocenters. The lowest BCUT2D eigenvalue weighted by atomic mass is 10.2. The number of aliphatic hydroxyl groups is 1. The first-order valence-corrected chi connectivity index (χ1v) is 7.65. The zero-order valence-electron chi connectivity index (χ0n) is 13.4. The van der Waals surface area contributed by atoms with Gasteiger partial charge in [-0.1, -0.05) is 35.5 Å². The molecule has 1 atom stereocenters. The highest BCUT2D eigenvalue weighted by molar-refractivity contribution is 5.84. The Morgan fingerprint density at radius 1 is 1.13 bits per heavy atom. The third-order valence-corrected chi connectivity index (χ3v) is 3.58. The van der Waals surface area contributed by atoms with Crippen LogP contribution in [0.15, 0.2) is 53.7 Å². The summed E-state index contributed by atoms with van der Waals surface area (Å²) in [7, 11) is 0. The van der Waals surface area contributed by atoms with Gasteiger partial charge in [-0.2, -0.15) is 0 Å². The number of phenols is 1. The molecular weight excluding hydrogens is 292 g/mol. The summed E-state index contributed by atoms with van der Waals surface area (Å²) in [6, 6.07) is 14.4. The normalized spacial score (nSPS) is 12.3. The Labute approximate surface area is 136 Å². The van der Waals surface area contributed by atoms with Gasteiger partial charge in [0, 0.05) is 36.0 Å². The monoisotopic (exact) mass is 314 g/mol. The fourth-order valence-corrected chi connectivity index (χ4v) is 2.25. The minimum Gasteiger partial charge on any atom is -0.507 e. The van der Waals surface area contributed by atoms with Crippen LogP contribution in [-0.4, -0.2) is 29.5 Å². The van der Waals surface area contributed by atoms with E-state index in [0.29, 0.717) is 11.1 Å². The van der Waals surface area contributed by atoms with Crippen LogP contribution in [0.4, 0.5) is 5.69 Å². The molecule has 5 nitrogen and oxygen atoms in total. The second-order valence-corrected chi connectivity index (χ2v) is 5.02. The van der Waals surface area contributed by atoms with E-state index in [1.165, 1.54) is 6.21 Å². The van der Waals surface area contributed by atoms with Crippen LogP contribution in [0.5, 0.6) is 5.75 Å². The van der Waals surface area contributed by atoms with Crippen molar-refractivity contribution in [2.45, 2.75) is 20.1 Å². The van der Waals surface area contributed by atoms with Gasteiger partial charge >= 0.3 is 0 Å². The van der Waals surface area contributed by atoms with Crippen molar-refractivity contribution in [1.82, 2.24) is 0 Å². The molecule has 2 N–H and O–H groups in total. The Hall–Kier alpha value is -2.53. The molecule has 2 rings (SSSR count). The number of rotatable bonds is 7. The predicted octanol–water partition coefficient (Wildman–Crippen LogP) is 3.28. The molecule has 5 heteroatoms. The molecule has 0 bridgehead atoms. The molecule has 122 valence electrons. The third-order valence-electron chi connectivity index (χ3n) is 3.58. The quantitative estimate of drug-likeness (QED) is 0.467. The summed E-state index contributed by atoms with van der Waals surface area (Å²) >= 11 is 0. The summed E-state index contributed by atoms with van der Waals surface area (Å²) in [5.41, 5.74) is 2.10. The fourth-order valence-electron chi connectivity index (χ4n) is 2.25. The van der Waals surface area contributed by atoms with Crippen LogP contribution in [-0.2, 0) is 4.84 Å². The van der Waals surface area contributed by atoms with Crippen molar-refractivity contribution in [2.75, 3.05) is 18.0 Å². The van der Waals surface area contributed by atoms with Crippen LogP contribution in [0.1, 0.15) is 31.3 Å². The van der Waals surface area contributed by atoms with E-state index in [1.54, 1.807) is 24.3 Å². The number of phenolic OH excluding ortho intramolecular Hbond substituents is 1. The van der Waals surface area contributed by atoms with E-state index >= 15 is 0 Å². The Morgan fingerprint density at radius 3 is 2.43 bits per heavy atom. The lowest BCUT2D eigenvalue weighted by Crippen LogP contribution is -2.21. The molecular formula is C18H22N2O3. The van der Waals surface area contributed by atoms with Crippen LogP contribution in [0.25, 0.3) is 0 Å². The molecule has 0 aromatic heterocycles. The third kappa shape index (κ3) is 4.47. The van der Waals surface area contributed by atoms with E-state index in [2.05, 4.69) is 23.9 Å². The lowest BCUT2D eigenvalue weighted by Gasteiger charge is -2.21. The second-order valence-electron chi connectivity index (χ2n) is 5.02. The zero-order valence-corrected chi connectivity index (χ0v) is 13.4. The first-order chi connectivity index (χ1) is 11.2. The van der Waals surface area contributed by atoms with Crippen molar-refractivity contribution < 1.29 is 15.1 Å². The SMILES string of the molecule is CCN(CC)c1ccc(/C=N/OC(O)c2ccccc2)c(O)c1. The topological polar surface area (TPSA) is 65.3 Å². The molecule has 0 fully saturated rings. The number of benzene rings is 2. The number of aromatic hydroxyl groups is 1. The molecule has 0 aliphatic heterocycles. The number of oxime groups is 1. The molecule has 0 aliphatic rings. The average Bonchev–Trinajstić information content (AvgIpc) is 2.58. The molecule has 0 aliphatic carbocycles. The van der Waals surface area contributed by atoms with Crippen LogP contribution >= 0.6 is 0 Å². The molecule has 2 aromatic rings. The van der Waals surface area contributed by atoms with Gasteiger partial charge in [-0.25, -0.2) is 0 Å². The molecule has 0 saturated carbocycles. The molecule has 23 heavy (non-hydrogen) atoms. The van der Waals surface area contributed by atoms with Crippen LogP contribution < -0.4 is 4.90 Å². The van der Waals surface area contributed by atoms with Gasteiger partial charge in [0.05, 0.1) is 6.21 Å². The summed E-state index contributed by atoms with van der Waals surface area (Å²) in [6.07, 6.45) is 0.248. The maximum Gasteiger partial charge on any atom is 0.250 e. The van der Waals surface area contributed by atoms with Gasteiger partial charge in [-0.15, -0.1) is 0 Å². The number of hydrogen-bond acceptors (Lipinski definition) is 5. The van der Waals surface area contributed by atoms with Crippen molar-refractivity contribution in [3.05, 3.63) is 59.7 Å².